The standard InChI is InChI=1S/C21H42N2O2/c1-2-3-4-5-6-7-8-9-10-11-13-21(25)20-23-17-15-22(16-18-23)14-12-19-24/h24H,2-20H2,1H3. The van der Waals surface area contributed by atoms with Gasteiger partial charge in [-0.15, -0.1) is 0 Å². The largest absolute Gasteiger partial charge is 0.396 e. The number of nitrogens with zero attached hydrogens (tertiary/aromatic N) is 2. The highest BCUT2D eigenvalue weighted by atomic mass is 16.3. The lowest BCUT2D eigenvalue weighted by molar-refractivity contribution is -0.120. The number of hydrogen-bond donors (Lipinski definition) is 1. The average Bonchev–Trinajstić information content (AvgIpc) is 2.62. The van der Waals surface area contributed by atoms with Crippen LogP contribution in [-0.2, 0) is 4.79 Å². The summed E-state index contributed by atoms with van der Waals surface area (Å²) in [6, 6.07) is 0. The Labute approximate surface area is 156 Å². The van der Waals surface area contributed by atoms with E-state index in [0.29, 0.717) is 12.3 Å². The summed E-state index contributed by atoms with van der Waals surface area (Å²) in [6.07, 6.45) is 14.8. The lowest BCUT2D eigenvalue weighted by Gasteiger charge is -2.34. The number of unbranched alkanes of at least 4 members (excludes halogenated alkanes) is 9. The Morgan fingerprint density at radius 2 is 1.28 bits per heavy atom. The molecule has 4 heteroatoms. The van der Waals surface area contributed by atoms with Crippen LogP contribution in [0.15, 0.2) is 0 Å². The van der Waals surface area contributed by atoms with Gasteiger partial charge in [0.1, 0.15) is 5.78 Å². The van der Waals surface area contributed by atoms with Gasteiger partial charge < -0.3 is 10.0 Å². The molecule has 0 bridgehead atoms. The van der Waals surface area contributed by atoms with E-state index in [-0.39, 0.29) is 6.61 Å². The highest BCUT2D eigenvalue weighted by molar-refractivity contribution is 5.80. The number of hydrogen-bond acceptors (Lipinski definition) is 4. The summed E-state index contributed by atoms with van der Waals surface area (Å²) in [5.74, 6) is 0.420. The zero-order valence-corrected chi connectivity index (χ0v) is 16.7. The van der Waals surface area contributed by atoms with Crippen molar-refractivity contribution in [1.82, 2.24) is 9.80 Å². The van der Waals surface area contributed by atoms with Gasteiger partial charge in [0.25, 0.3) is 0 Å². The molecule has 1 fully saturated rings. The highest BCUT2D eigenvalue weighted by Gasteiger charge is 2.18. The van der Waals surface area contributed by atoms with Crippen LogP contribution in [0.25, 0.3) is 0 Å². The van der Waals surface area contributed by atoms with E-state index in [2.05, 4.69) is 16.7 Å². The molecule has 1 aliphatic rings. The van der Waals surface area contributed by atoms with Crippen LogP contribution in [-0.4, -0.2) is 66.6 Å². The van der Waals surface area contributed by atoms with Crippen LogP contribution in [0.1, 0.15) is 84.0 Å². The Kier molecular flexibility index (Phi) is 14.3. The van der Waals surface area contributed by atoms with Crippen LogP contribution >= 0.6 is 0 Å². The van der Waals surface area contributed by atoms with E-state index in [4.69, 9.17) is 5.11 Å². The number of carbonyl (C=O) groups excluding carboxylic acids is 1. The molecule has 148 valence electrons. The molecule has 0 atom stereocenters. The molecule has 0 saturated carbocycles. The second-order valence-electron chi connectivity index (χ2n) is 7.67. The van der Waals surface area contributed by atoms with Crippen molar-refractivity contribution < 1.29 is 9.90 Å². The first-order chi connectivity index (χ1) is 12.3. The predicted octanol–water partition coefficient (Wildman–Crippen LogP) is 3.87. The van der Waals surface area contributed by atoms with Crippen LogP contribution in [0.5, 0.6) is 0 Å². The molecule has 1 heterocycles. The third-order valence-corrected chi connectivity index (χ3v) is 5.31. The molecule has 1 saturated heterocycles. The minimum Gasteiger partial charge on any atom is -0.396 e. The van der Waals surface area contributed by atoms with Crippen molar-refractivity contribution in [2.75, 3.05) is 45.9 Å². The van der Waals surface area contributed by atoms with E-state index in [1.54, 1.807) is 0 Å². The second-order valence-corrected chi connectivity index (χ2v) is 7.67. The summed E-state index contributed by atoms with van der Waals surface area (Å²) < 4.78 is 0. The van der Waals surface area contributed by atoms with Gasteiger partial charge in [-0.2, -0.15) is 0 Å². The van der Waals surface area contributed by atoms with Crippen LogP contribution in [0.4, 0.5) is 0 Å². The van der Waals surface area contributed by atoms with Crippen LogP contribution in [0, 0.1) is 0 Å². The number of Topliss-reactive ketones (excluding diaryl/α,β-unsaturated/α-hetero) is 1. The fourth-order valence-electron chi connectivity index (χ4n) is 3.60. The molecular weight excluding hydrogens is 312 g/mol. The molecule has 25 heavy (non-hydrogen) atoms. The topological polar surface area (TPSA) is 43.8 Å². The summed E-state index contributed by atoms with van der Waals surface area (Å²) in [7, 11) is 0. The molecule has 0 amide bonds. The molecule has 0 aromatic heterocycles. The maximum absolute atomic E-state index is 12.1. The first-order valence-corrected chi connectivity index (χ1v) is 10.8. The summed E-state index contributed by atoms with van der Waals surface area (Å²) in [5, 5.41) is 8.88. The molecule has 0 aliphatic carbocycles. The molecule has 1 N–H and O–H groups in total. The van der Waals surface area contributed by atoms with E-state index in [1.165, 1.54) is 57.8 Å². The van der Waals surface area contributed by atoms with Crippen molar-refractivity contribution in [2.45, 2.75) is 84.0 Å². The van der Waals surface area contributed by atoms with Gasteiger partial charge in [0.2, 0.25) is 0 Å². The van der Waals surface area contributed by atoms with Crippen molar-refractivity contribution in [1.29, 1.82) is 0 Å². The van der Waals surface area contributed by atoms with Gasteiger partial charge in [-0.05, 0) is 12.8 Å². The van der Waals surface area contributed by atoms with Crippen molar-refractivity contribution in [3.8, 4) is 0 Å². The molecule has 4 nitrogen and oxygen atoms in total. The molecule has 1 aliphatic heterocycles. The summed E-state index contributed by atoms with van der Waals surface area (Å²) >= 11 is 0. The van der Waals surface area contributed by atoms with Gasteiger partial charge in [-0.1, -0.05) is 64.7 Å². The maximum atomic E-state index is 12.1. The molecule has 0 aromatic rings. The Balaban J connectivity index is 1.89. The Hall–Kier alpha value is -0.450. The fourth-order valence-corrected chi connectivity index (χ4v) is 3.60. The molecule has 1 rings (SSSR count). The van der Waals surface area contributed by atoms with Crippen molar-refractivity contribution in [3.05, 3.63) is 0 Å². The number of aliphatic hydroxyl groups excluding tert-OH is 1. The average molecular weight is 355 g/mol. The second kappa shape index (κ2) is 15.8. The van der Waals surface area contributed by atoms with Gasteiger partial charge in [-0.3, -0.25) is 9.69 Å². The van der Waals surface area contributed by atoms with Gasteiger partial charge in [-0.25, -0.2) is 0 Å². The molecular formula is C21H42N2O2. The van der Waals surface area contributed by atoms with E-state index < -0.39 is 0 Å². The normalized spacial score (nSPS) is 16.4. The Morgan fingerprint density at radius 1 is 0.760 bits per heavy atom. The number of aliphatic hydroxyl groups is 1. The SMILES string of the molecule is CCCCCCCCCCCCC(=O)CN1CCN(CCCO)CC1. The minimum absolute atomic E-state index is 0.275. The first kappa shape index (κ1) is 22.6. The number of carbonyl (C=O) groups is 1. The molecule has 0 unspecified atom stereocenters. The molecule has 0 spiro atoms. The van der Waals surface area contributed by atoms with E-state index in [9.17, 15) is 4.79 Å². The van der Waals surface area contributed by atoms with Crippen LogP contribution in [0.3, 0.4) is 0 Å². The van der Waals surface area contributed by atoms with Crippen molar-refractivity contribution in [2.24, 2.45) is 0 Å². The third-order valence-electron chi connectivity index (χ3n) is 5.31. The van der Waals surface area contributed by atoms with Crippen LogP contribution < -0.4 is 0 Å². The van der Waals surface area contributed by atoms with E-state index >= 15 is 0 Å². The minimum atomic E-state index is 0.275. The first-order valence-electron chi connectivity index (χ1n) is 10.8. The molecule has 0 aromatic carbocycles. The fraction of sp³-hybridized carbons (Fsp3) is 0.952. The van der Waals surface area contributed by atoms with Gasteiger partial charge >= 0.3 is 0 Å². The maximum Gasteiger partial charge on any atom is 0.146 e. The van der Waals surface area contributed by atoms with Gasteiger partial charge in [0, 0.05) is 45.8 Å². The van der Waals surface area contributed by atoms with Crippen molar-refractivity contribution >= 4 is 5.78 Å². The number of rotatable bonds is 16. The lowest BCUT2D eigenvalue weighted by Crippen LogP contribution is -2.48. The van der Waals surface area contributed by atoms with E-state index in [1.807, 2.05) is 0 Å². The summed E-state index contributed by atoms with van der Waals surface area (Å²) in [5.41, 5.74) is 0. The quantitative estimate of drug-likeness (QED) is 0.427. The third kappa shape index (κ3) is 12.5. The smallest absolute Gasteiger partial charge is 0.146 e. The number of ketones is 1. The van der Waals surface area contributed by atoms with Gasteiger partial charge in [0.05, 0.1) is 6.54 Å². The summed E-state index contributed by atoms with van der Waals surface area (Å²) in [4.78, 5) is 16.8. The molecule has 0 radical (unpaired) electrons. The van der Waals surface area contributed by atoms with Gasteiger partial charge in [0.15, 0.2) is 0 Å². The zero-order chi connectivity index (χ0) is 18.2. The predicted molar refractivity (Wildman–Crippen MR) is 106 cm³/mol. The summed E-state index contributed by atoms with van der Waals surface area (Å²) in [6.45, 7) is 8.22. The lowest BCUT2D eigenvalue weighted by atomic mass is 10.0. The Bertz CT molecular complexity index is 315. The zero-order valence-electron chi connectivity index (χ0n) is 16.7. The monoisotopic (exact) mass is 354 g/mol. The highest BCUT2D eigenvalue weighted by Crippen LogP contribution is 2.12. The van der Waals surface area contributed by atoms with E-state index in [0.717, 1.165) is 52.0 Å². The Morgan fingerprint density at radius 3 is 1.84 bits per heavy atom. The number of piperazine rings is 1. The van der Waals surface area contributed by atoms with Crippen molar-refractivity contribution in [3.63, 3.8) is 0 Å². The van der Waals surface area contributed by atoms with Crippen LogP contribution in [0.2, 0.25) is 0 Å².